The lowest BCUT2D eigenvalue weighted by molar-refractivity contribution is 0.0791. The molecule has 0 radical (unpaired) electrons. The second kappa shape index (κ2) is 7.57. The van der Waals surface area contributed by atoms with Gasteiger partial charge in [0.2, 0.25) is 15.5 Å². The number of aromatic nitrogens is 1. The lowest BCUT2D eigenvalue weighted by Gasteiger charge is -2.29. The fraction of sp³-hybridized carbons (Fsp3) is 0.524. The highest BCUT2D eigenvalue weighted by atomic mass is 32.2. The molecule has 0 N–H and O–H groups in total. The molecule has 3 heterocycles. The van der Waals surface area contributed by atoms with Crippen LogP contribution in [0.2, 0.25) is 0 Å². The molecule has 0 spiro atoms. The highest BCUT2D eigenvalue weighted by Crippen LogP contribution is 2.25. The third kappa shape index (κ3) is 3.59. The second-order valence-corrected chi connectivity index (χ2v) is 10.2. The van der Waals surface area contributed by atoms with Crippen molar-refractivity contribution in [3.63, 3.8) is 0 Å². The summed E-state index contributed by atoms with van der Waals surface area (Å²) in [5, 5.41) is 0.268. The number of hydrogen-bond acceptors (Lipinski definition) is 4. The Hall–Kier alpha value is -2.19. The zero-order chi connectivity index (χ0) is 20.8. The number of likely N-dealkylation sites (tertiary alicyclic amines) is 1. The average Bonchev–Trinajstić information content (AvgIpc) is 3.25. The minimum atomic E-state index is -3.67. The van der Waals surface area contributed by atoms with Gasteiger partial charge in [0.1, 0.15) is 5.56 Å². The molecule has 0 saturated carbocycles. The van der Waals surface area contributed by atoms with Gasteiger partial charge in [0.05, 0.1) is 10.4 Å². The molecule has 2 aliphatic heterocycles. The van der Waals surface area contributed by atoms with Crippen molar-refractivity contribution in [2.45, 2.75) is 37.5 Å². The van der Waals surface area contributed by atoms with E-state index in [1.807, 2.05) is 0 Å². The number of rotatable bonds is 3. The Balaban J connectivity index is 1.77. The molecule has 1 aromatic carbocycles. The van der Waals surface area contributed by atoms with Crippen LogP contribution in [0.5, 0.6) is 0 Å². The Morgan fingerprint density at radius 1 is 1.07 bits per heavy atom. The summed E-state index contributed by atoms with van der Waals surface area (Å²) in [7, 11) is -1.90. The second-order valence-electron chi connectivity index (χ2n) is 8.25. The van der Waals surface area contributed by atoms with E-state index in [0.29, 0.717) is 37.6 Å². The van der Waals surface area contributed by atoms with Crippen molar-refractivity contribution in [2.75, 3.05) is 26.2 Å². The number of carbonyl (C=O) groups excluding carboxylic acids is 1. The quantitative estimate of drug-likeness (QED) is 0.767. The van der Waals surface area contributed by atoms with E-state index in [2.05, 4.69) is 6.92 Å². The van der Waals surface area contributed by atoms with Crippen LogP contribution in [0.3, 0.4) is 0 Å². The number of fused-ring (bicyclic) bond motifs is 1. The normalized spacial score (nSPS) is 19.2. The van der Waals surface area contributed by atoms with Gasteiger partial charge in [0, 0.05) is 44.8 Å². The Kier molecular flexibility index (Phi) is 5.25. The number of hydrogen-bond donors (Lipinski definition) is 0. The number of pyridine rings is 1. The number of sulfonamides is 1. The topological polar surface area (TPSA) is 79.7 Å². The zero-order valence-electron chi connectivity index (χ0n) is 16.9. The molecule has 2 saturated heterocycles. The van der Waals surface area contributed by atoms with Crippen LogP contribution < -0.4 is 5.43 Å². The third-order valence-electron chi connectivity index (χ3n) is 6.16. The van der Waals surface area contributed by atoms with E-state index < -0.39 is 15.5 Å². The number of benzene rings is 1. The molecule has 2 fully saturated rings. The maximum atomic E-state index is 13.1. The maximum absolute atomic E-state index is 13.1. The first-order chi connectivity index (χ1) is 13.8. The first kappa shape index (κ1) is 20.1. The first-order valence-corrected chi connectivity index (χ1v) is 11.7. The molecule has 0 bridgehead atoms. The summed E-state index contributed by atoms with van der Waals surface area (Å²) in [6.45, 7) is 4.42. The van der Waals surface area contributed by atoms with Crippen LogP contribution in [-0.2, 0) is 17.1 Å². The summed E-state index contributed by atoms with van der Waals surface area (Å²) in [5.41, 5.74) is 0.307. The van der Waals surface area contributed by atoms with Crippen molar-refractivity contribution in [1.82, 2.24) is 13.8 Å². The molecule has 29 heavy (non-hydrogen) atoms. The fourth-order valence-corrected chi connectivity index (χ4v) is 5.75. The Labute approximate surface area is 171 Å². The van der Waals surface area contributed by atoms with Gasteiger partial charge in [0.25, 0.3) is 5.91 Å². The molecule has 0 aliphatic carbocycles. The molecule has 4 rings (SSSR count). The molecule has 2 aliphatic rings. The van der Waals surface area contributed by atoms with Crippen molar-refractivity contribution in [1.29, 1.82) is 0 Å². The summed E-state index contributed by atoms with van der Waals surface area (Å²) in [6.07, 6.45) is 5.12. The summed E-state index contributed by atoms with van der Waals surface area (Å²) in [5.74, 6) is 0.243. The fourth-order valence-electron chi connectivity index (χ4n) is 4.25. The number of amides is 1. The van der Waals surface area contributed by atoms with E-state index in [-0.39, 0.29) is 21.8 Å². The summed E-state index contributed by atoms with van der Waals surface area (Å²) < 4.78 is 29.4. The van der Waals surface area contributed by atoms with E-state index >= 15 is 0 Å². The molecule has 7 nitrogen and oxygen atoms in total. The van der Waals surface area contributed by atoms with Crippen LogP contribution in [0.4, 0.5) is 0 Å². The summed E-state index contributed by atoms with van der Waals surface area (Å²) in [4.78, 5) is 27.7. The van der Waals surface area contributed by atoms with Gasteiger partial charge in [-0.2, -0.15) is 4.31 Å². The van der Waals surface area contributed by atoms with Gasteiger partial charge in [-0.15, -0.1) is 0 Å². The maximum Gasteiger partial charge on any atom is 0.259 e. The number of aryl methyl sites for hydroxylation is 1. The molecule has 1 amide bonds. The highest BCUT2D eigenvalue weighted by molar-refractivity contribution is 7.89. The van der Waals surface area contributed by atoms with Crippen LogP contribution in [0.1, 0.15) is 43.0 Å². The summed E-state index contributed by atoms with van der Waals surface area (Å²) >= 11 is 0. The number of carbonyl (C=O) groups is 1. The minimum Gasteiger partial charge on any atom is -0.350 e. The van der Waals surface area contributed by atoms with Gasteiger partial charge < -0.3 is 9.47 Å². The van der Waals surface area contributed by atoms with E-state index in [0.717, 1.165) is 25.7 Å². The van der Waals surface area contributed by atoms with Crippen molar-refractivity contribution >= 4 is 26.8 Å². The minimum absolute atomic E-state index is 0.100. The molecular formula is C21H27N3O4S. The molecule has 156 valence electrons. The summed E-state index contributed by atoms with van der Waals surface area (Å²) in [6, 6.07) is 4.64. The lowest BCUT2D eigenvalue weighted by Crippen LogP contribution is -2.38. The van der Waals surface area contributed by atoms with Gasteiger partial charge >= 0.3 is 0 Å². The molecule has 0 atom stereocenters. The molecule has 0 unspecified atom stereocenters. The zero-order valence-corrected chi connectivity index (χ0v) is 17.7. The van der Waals surface area contributed by atoms with E-state index in [1.54, 1.807) is 34.8 Å². The Morgan fingerprint density at radius 2 is 1.72 bits per heavy atom. The van der Waals surface area contributed by atoms with Gasteiger partial charge in [0.15, 0.2) is 0 Å². The van der Waals surface area contributed by atoms with Crippen LogP contribution >= 0.6 is 0 Å². The Morgan fingerprint density at radius 3 is 2.38 bits per heavy atom. The molecule has 2 aromatic rings. The van der Waals surface area contributed by atoms with Crippen LogP contribution in [0, 0.1) is 5.92 Å². The predicted molar refractivity (Wildman–Crippen MR) is 111 cm³/mol. The van der Waals surface area contributed by atoms with Crippen LogP contribution in [0.15, 0.2) is 34.1 Å². The van der Waals surface area contributed by atoms with Gasteiger partial charge in [-0.05, 0) is 49.8 Å². The van der Waals surface area contributed by atoms with Crippen LogP contribution in [0.25, 0.3) is 10.9 Å². The van der Waals surface area contributed by atoms with E-state index in [9.17, 15) is 18.0 Å². The van der Waals surface area contributed by atoms with Crippen molar-refractivity contribution in [3.05, 3.63) is 40.2 Å². The van der Waals surface area contributed by atoms with E-state index in [1.165, 1.54) is 10.4 Å². The molecule has 8 heteroatoms. The monoisotopic (exact) mass is 417 g/mol. The average molecular weight is 418 g/mol. The van der Waals surface area contributed by atoms with Crippen LogP contribution in [-0.4, -0.2) is 54.3 Å². The van der Waals surface area contributed by atoms with Gasteiger partial charge in [-0.25, -0.2) is 8.42 Å². The van der Waals surface area contributed by atoms with Crippen molar-refractivity contribution in [2.24, 2.45) is 13.0 Å². The number of nitrogens with zero attached hydrogens (tertiary/aromatic N) is 3. The number of piperidine rings is 1. The third-order valence-corrected chi connectivity index (χ3v) is 8.06. The molecular weight excluding hydrogens is 390 g/mol. The smallest absolute Gasteiger partial charge is 0.259 e. The highest BCUT2D eigenvalue weighted by Gasteiger charge is 2.29. The first-order valence-electron chi connectivity index (χ1n) is 10.2. The van der Waals surface area contributed by atoms with Crippen molar-refractivity contribution < 1.29 is 13.2 Å². The Bertz CT molecular complexity index is 1110. The molecule has 1 aromatic heterocycles. The van der Waals surface area contributed by atoms with Gasteiger partial charge in [-0.3, -0.25) is 9.59 Å². The van der Waals surface area contributed by atoms with E-state index in [4.69, 9.17) is 0 Å². The largest absolute Gasteiger partial charge is 0.350 e. The lowest BCUT2D eigenvalue weighted by atomic mass is 10.0. The predicted octanol–water partition coefficient (Wildman–Crippen LogP) is 2.20. The SMILES string of the molecule is CC1CCN(S(=O)(=O)c2ccc3c(c2)c(=O)c(C(=O)N2CCCC2)cn3C)CC1. The standard InChI is InChI=1S/C21H27N3O4S/c1-15-7-11-24(12-8-15)29(27,28)16-5-6-19-17(13-16)20(25)18(14-22(19)2)21(26)23-9-3-4-10-23/h5-6,13-15H,3-4,7-12H2,1-2H3. The van der Waals surface area contributed by atoms with Gasteiger partial charge in [-0.1, -0.05) is 6.92 Å². The van der Waals surface area contributed by atoms with Crippen molar-refractivity contribution in [3.8, 4) is 0 Å².